The van der Waals surface area contributed by atoms with Crippen molar-refractivity contribution in [3.05, 3.63) is 0 Å². The van der Waals surface area contributed by atoms with Crippen LogP contribution in [0.2, 0.25) is 0 Å². The first-order chi connectivity index (χ1) is 8.78. The SMILES string of the molecule is COC1CCC(NCC2(CO)CCCCC2)CC1. The fraction of sp³-hybridized carbons (Fsp3) is 1.00. The van der Waals surface area contributed by atoms with Crippen LogP contribution in [0, 0.1) is 5.41 Å². The molecule has 2 fully saturated rings. The van der Waals surface area contributed by atoms with E-state index in [0.717, 1.165) is 6.54 Å². The lowest BCUT2D eigenvalue weighted by Crippen LogP contribution is -2.44. The number of ether oxygens (including phenoxy) is 1. The summed E-state index contributed by atoms with van der Waals surface area (Å²) in [6.45, 7) is 1.36. The van der Waals surface area contributed by atoms with Crippen LogP contribution < -0.4 is 5.32 Å². The molecule has 0 aromatic rings. The van der Waals surface area contributed by atoms with Crippen molar-refractivity contribution in [1.82, 2.24) is 5.32 Å². The van der Waals surface area contributed by atoms with Gasteiger partial charge in [0.15, 0.2) is 0 Å². The van der Waals surface area contributed by atoms with Crippen LogP contribution in [0.25, 0.3) is 0 Å². The van der Waals surface area contributed by atoms with Crippen LogP contribution in [0.5, 0.6) is 0 Å². The molecule has 2 saturated carbocycles. The Labute approximate surface area is 111 Å². The molecule has 0 bridgehead atoms. The Morgan fingerprint density at radius 2 is 1.78 bits per heavy atom. The van der Waals surface area contributed by atoms with Gasteiger partial charge < -0.3 is 15.2 Å². The van der Waals surface area contributed by atoms with Crippen LogP contribution >= 0.6 is 0 Å². The topological polar surface area (TPSA) is 41.5 Å². The van der Waals surface area contributed by atoms with Crippen molar-refractivity contribution in [2.75, 3.05) is 20.3 Å². The Morgan fingerprint density at radius 1 is 1.11 bits per heavy atom. The fourth-order valence-corrected chi connectivity index (χ4v) is 3.56. The van der Waals surface area contributed by atoms with Crippen molar-refractivity contribution < 1.29 is 9.84 Å². The predicted molar refractivity (Wildman–Crippen MR) is 73.7 cm³/mol. The van der Waals surface area contributed by atoms with E-state index in [1.165, 1.54) is 57.8 Å². The monoisotopic (exact) mass is 255 g/mol. The van der Waals surface area contributed by atoms with Gasteiger partial charge in [0, 0.05) is 31.7 Å². The van der Waals surface area contributed by atoms with E-state index in [4.69, 9.17) is 4.74 Å². The molecule has 0 aromatic heterocycles. The van der Waals surface area contributed by atoms with Gasteiger partial charge in [-0.15, -0.1) is 0 Å². The molecular weight excluding hydrogens is 226 g/mol. The summed E-state index contributed by atoms with van der Waals surface area (Å²) < 4.78 is 5.41. The van der Waals surface area contributed by atoms with Crippen LogP contribution in [-0.4, -0.2) is 37.5 Å². The van der Waals surface area contributed by atoms with E-state index in [9.17, 15) is 5.11 Å². The summed E-state index contributed by atoms with van der Waals surface area (Å²) in [5.41, 5.74) is 0.177. The van der Waals surface area contributed by atoms with Crippen LogP contribution in [-0.2, 0) is 4.74 Å². The molecule has 0 atom stereocenters. The van der Waals surface area contributed by atoms with E-state index in [1.54, 1.807) is 0 Å². The van der Waals surface area contributed by atoms with Crippen molar-refractivity contribution in [3.63, 3.8) is 0 Å². The van der Waals surface area contributed by atoms with E-state index >= 15 is 0 Å². The van der Waals surface area contributed by atoms with Gasteiger partial charge in [0.1, 0.15) is 0 Å². The highest BCUT2D eigenvalue weighted by atomic mass is 16.5. The highest BCUT2D eigenvalue weighted by Gasteiger charge is 2.32. The Hall–Kier alpha value is -0.120. The third-order valence-corrected chi connectivity index (χ3v) is 5.02. The summed E-state index contributed by atoms with van der Waals surface area (Å²) in [5.74, 6) is 0. The summed E-state index contributed by atoms with van der Waals surface area (Å²) in [4.78, 5) is 0. The summed E-state index contributed by atoms with van der Waals surface area (Å²) in [6.07, 6.45) is 11.6. The van der Waals surface area contributed by atoms with Crippen molar-refractivity contribution in [2.24, 2.45) is 5.41 Å². The molecule has 0 unspecified atom stereocenters. The Kier molecular flexibility index (Phi) is 5.46. The summed E-state index contributed by atoms with van der Waals surface area (Å²) in [7, 11) is 1.82. The first kappa shape index (κ1) is 14.3. The number of nitrogens with one attached hydrogen (secondary N) is 1. The standard InChI is InChI=1S/C15H29NO2/c1-18-14-7-5-13(6-8-14)16-11-15(12-17)9-3-2-4-10-15/h13-14,16-17H,2-12H2,1H3. The molecule has 3 heteroatoms. The molecule has 0 radical (unpaired) electrons. The molecule has 0 amide bonds. The summed E-state index contributed by atoms with van der Waals surface area (Å²) >= 11 is 0. The third kappa shape index (κ3) is 3.69. The second-order valence-electron chi connectivity index (χ2n) is 6.31. The molecule has 2 aliphatic carbocycles. The highest BCUT2D eigenvalue weighted by Crippen LogP contribution is 2.35. The minimum atomic E-state index is 0.177. The van der Waals surface area contributed by atoms with Crippen LogP contribution in [0.3, 0.4) is 0 Å². The smallest absolute Gasteiger partial charge is 0.0572 e. The van der Waals surface area contributed by atoms with Gasteiger partial charge in [0.2, 0.25) is 0 Å². The zero-order chi connectivity index (χ0) is 12.8. The lowest BCUT2D eigenvalue weighted by atomic mass is 9.74. The lowest BCUT2D eigenvalue weighted by Gasteiger charge is -2.38. The number of rotatable bonds is 5. The van der Waals surface area contributed by atoms with Gasteiger partial charge in [-0.1, -0.05) is 19.3 Å². The van der Waals surface area contributed by atoms with E-state index in [2.05, 4.69) is 5.32 Å². The van der Waals surface area contributed by atoms with Gasteiger partial charge in [-0.05, 0) is 38.5 Å². The predicted octanol–water partition coefficient (Wildman–Crippen LogP) is 2.48. The van der Waals surface area contributed by atoms with Crippen molar-refractivity contribution in [2.45, 2.75) is 69.9 Å². The first-order valence-electron chi connectivity index (χ1n) is 7.65. The third-order valence-electron chi connectivity index (χ3n) is 5.02. The average molecular weight is 255 g/mol. The molecule has 2 N–H and O–H groups in total. The summed E-state index contributed by atoms with van der Waals surface area (Å²) in [5, 5.41) is 13.4. The molecule has 3 nitrogen and oxygen atoms in total. The minimum absolute atomic E-state index is 0.177. The van der Waals surface area contributed by atoms with Gasteiger partial charge in [0.25, 0.3) is 0 Å². The highest BCUT2D eigenvalue weighted by molar-refractivity contribution is 4.87. The van der Waals surface area contributed by atoms with Crippen LogP contribution in [0.15, 0.2) is 0 Å². The maximum Gasteiger partial charge on any atom is 0.0572 e. The molecule has 0 aromatic carbocycles. The molecule has 2 rings (SSSR count). The van der Waals surface area contributed by atoms with E-state index in [-0.39, 0.29) is 5.41 Å². The number of methoxy groups -OCH3 is 1. The van der Waals surface area contributed by atoms with Crippen molar-refractivity contribution in [3.8, 4) is 0 Å². The molecular formula is C15H29NO2. The quantitative estimate of drug-likeness (QED) is 0.793. The Morgan fingerprint density at radius 3 is 2.33 bits per heavy atom. The van der Waals surface area contributed by atoms with Gasteiger partial charge in [0.05, 0.1) is 6.10 Å². The molecule has 0 aliphatic heterocycles. The summed E-state index contributed by atoms with van der Waals surface area (Å²) in [6, 6.07) is 0.641. The zero-order valence-electron chi connectivity index (χ0n) is 11.8. The fourth-order valence-electron chi connectivity index (χ4n) is 3.56. The zero-order valence-corrected chi connectivity index (χ0v) is 11.8. The largest absolute Gasteiger partial charge is 0.396 e. The molecule has 0 saturated heterocycles. The van der Waals surface area contributed by atoms with E-state index in [1.807, 2.05) is 7.11 Å². The maximum absolute atomic E-state index is 9.69. The molecule has 0 spiro atoms. The maximum atomic E-state index is 9.69. The Bertz CT molecular complexity index is 231. The van der Waals surface area contributed by atoms with Crippen LogP contribution in [0.4, 0.5) is 0 Å². The molecule has 2 aliphatic rings. The van der Waals surface area contributed by atoms with Gasteiger partial charge in [-0.2, -0.15) is 0 Å². The molecule has 0 heterocycles. The lowest BCUT2D eigenvalue weighted by molar-refractivity contribution is 0.0516. The minimum Gasteiger partial charge on any atom is -0.396 e. The number of hydrogen-bond donors (Lipinski definition) is 2. The molecule has 18 heavy (non-hydrogen) atoms. The number of aliphatic hydroxyl groups is 1. The Balaban J connectivity index is 1.73. The van der Waals surface area contributed by atoms with Crippen molar-refractivity contribution in [1.29, 1.82) is 0 Å². The average Bonchev–Trinajstić information content (AvgIpc) is 2.47. The second-order valence-corrected chi connectivity index (χ2v) is 6.31. The van der Waals surface area contributed by atoms with E-state index < -0.39 is 0 Å². The van der Waals surface area contributed by atoms with Gasteiger partial charge >= 0.3 is 0 Å². The second kappa shape index (κ2) is 6.88. The number of hydrogen-bond acceptors (Lipinski definition) is 3. The first-order valence-corrected chi connectivity index (χ1v) is 7.65. The van der Waals surface area contributed by atoms with Gasteiger partial charge in [-0.3, -0.25) is 0 Å². The van der Waals surface area contributed by atoms with Gasteiger partial charge in [-0.25, -0.2) is 0 Å². The number of aliphatic hydroxyl groups excluding tert-OH is 1. The van der Waals surface area contributed by atoms with Crippen molar-refractivity contribution >= 4 is 0 Å². The van der Waals surface area contributed by atoms with E-state index in [0.29, 0.717) is 18.8 Å². The van der Waals surface area contributed by atoms with Crippen LogP contribution in [0.1, 0.15) is 57.8 Å². The molecule has 106 valence electrons. The normalized spacial score (nSPS) is 32.3.